The van der Waals surface area contributed by atoms with Crippen LogP contribution in [-0.4, -0.2) is 91.9 Å². The van der Waals surface area contributed by atoms with Crippen LogP contribution in [0.1, 0.15) is 87.8 Å². The molecule has 54 heavy (non-hydrogen) atoms. The minimum Gasteiger partial charge on any atom is -0.471 e. The topological polar surface area (TPSA) is 203 Å². The van der Waals surface area contributed by atoms with Gasteiger partial charge in [-0.05, 0) is 64.0 Å². The number of hydrogen-bond acceptors (Lipinski definition) is 11. The number of aromatic nitrogens is 4. The molecule has 3 aromatic rings. The maximum Gasteiger partial charge on any atom is 0.272 e. The molecule has 5 atom stereocenters. The minimum absolute atomic E-state index is 0.00828. The van der Waals surface area contributed by atoms with Gasteiger partial charge in [-0.15, -0.1) is 0 Å². The highest BCUT2D eigenvalue weighted by Gasteiger charge is 2.63. The van der Waals surface area contributed by atoms with Gasteiger partial charge in [0.25, 0.3) is 11.8 Å². The van der Waals surface area contributed by atoms with Crippen LogP contribution in [0.3, 0.4) is 0 Å². The van der Waals surface area contributed by atoms with Gasteiger partial charge < -0.3 is 20.3 Å². The summed E-state index contributed by atoms with van der Waals surface area (Å²) < 4.78 is 48.5. The van der Waals surface area contributed by atoms with E-state index in [1.807, 2.05) is 19.1 Å². The molecule has 0 spiro atoms. The maximum absolute atomic E-state index is 14.8. The number of hydrogen-bond donors (Lipinski definition) is 3. The molecule has 0 radical (unpaired) electrons. The lowest BCUT2D eigenvalue weighted by Gasteiger charge is -2.30. The van der Waals surface area contributed by atoms with Crippen molar-refractivity contribution >= 4 is 44.7 Å². The number of carbonyl (C=O) groups is 4. The molecule has 1 aromatic carbocycles. The number of sulfonamides is 1. The van der Waals surface area contributed by atoms with Crippen molar-refractivity contribution in [1.29, 1.82) is 0 Å². The average molecular weight is 763 g/mol. The molecule has 2 aromatic heterocycles. The van der Waals surface area contributed by atoms with Crippen molar-refractivity contribution in [2.24, 2.45) is 5.92 Å². The summed E-state index contributed by atoms with van der Waals surface area (Å²) in [5.74, 6) is -3.67. The number of aryl methyl sites for hydroxylation is 1. The number of nitrogens with one attached hydrogen (secondary N) is 3. The van der Waals surface area contributed by atoms with E-state index < -0.39 is 73.9 Å². The quantitative estimate of drug-likeness (QED) is 0.285. The van der Waals surface area contributed by atoms with E-state index in [-0.39, 0.29) is 42.9 Å². The van der Waals surface area contributed by atoms with Crippen molar-refractivity contribution in [2.75, 3.05) is 6.54 Å². The first-order valence-corrected chi connectivity index (χ1v) is 19.9. The molecule has 4 amide bonds. The zero-order valence-electron chi connectivity index (χ0n) is 30.1. The molecule has 286 valence electrons. The Kier molecular flexibility index (Phi) is 10.1. The van der Waals surface area contributed by atoms with Crippen LogP contribution in [-0.2, 0) is 30.8 Å². The highest BCUT2D eigenvalue weighted by Crippen LogP contribution is 2.47. The number of ether oxygens (including phenoxy) is 1. The Morgan fingerprint density at radius 3 is 2.69 bits per heavy atom. The van der Waals surface area contributed by atoms with E-state index in [0.29, 0.717) is 43.3 Å². The number of rotatable bonds is 8. The number of allylic oxidation sites excluding steroid dienone is 1. The van der Waals surface area contributed by atoms with Gasteiger partial charge in [0, 0.05) is 24.7 Å². The number of fused-ring (bicyclic) bond motifs is 3. The monoisotopic (exact) mass is 762 g/mol. The molecule has 2 aliphatic carbocycles. The van der Waals surface area contributed by atoms with E-state index in [0.717, 1.165) is 12.8 Å². The summed E-state index contributed by atoms with van der Waals surface area (Å²) in [7, 11) is -4.02. The van der Waals surface area contributed by atoms with Crippen molar-refractivity contribution in [3.63, 3.8) is 0 Å². The Morgan fingerprint density at radius 2 is 1.94 bits per heavy atom. The van der Waals surface area contributed by atoms with E-state index in [1.165, 1.54) is 35.6 Å². The minimum atomic E-state index is -4.02. The number of benzene rings is 1. The molecule has 4 heterocycles. The van der Waals surface area contributed by atoms with Crippen LogP contribution in [0.25, 0.3) is 11.0 Å². The summed E-state index contributed by atoms with van der Waals surface area (Å²) in [6, 6.07) is 2.20. The van der Waals surface area contributed by atoms with Gasteiger partial charge in [-0.2, -0.15) is 0 Å². The first kappa shape index (κ1) is 37.3. The summed E-state index contributed by atoms with van der Waals surface area (Å²) in [5, 5.41) is 5.63. The molecule has 3 fully saturated rings. The molecule has 7 rings (SSSR count). The number of nitrogens with zero attached hydrogens (tertiary/aromatic N) is 5. The average Bonchev–Trinajstić information content (AvgIpc) is 4.04. The predicted molar refractivity (Wildman–Crippen MR) is 193 cm³/mol. The fourth-order valence-electron chi connectivity index (χ4n) is 7.14. The standard InChI is InChI=1S/C37H43FN8O7S/c1-3-25-33(43-30-24(38)11-9-13-26(30)41-25)53-23-18-29-32(48)44-37(35(50)45-54(51,52)36(2)14-15-36)19-22(37)10-7-5-4-6-8-12-27(34(49)46(29)21-23)42-31(47)28-20-39-16-17-40-28/h7,9-11,13,16-17,20,22-23,27,29H,3-6,8,12,14-15,18-19,21H2,1-2H3,(H,42,47)(H,44,48)(H,45,50)/b10-7-/t22?,23-,27+,29+,37-/m1/s1. The lowest BCUT2D eigenvalue weighted by atomic mass is 10.0. The SMILES string of the molecule is CCc1nc2cccc(F)c2nc1O[C@@H]1C[C@H]2C(=O)N[C@]3(C(=O)NS(=O)(=O)C4(C)CC4)CC3/C=C\CCCCC[C@H](NC(=O)c3cnccn3)C(=O)N2C1. The number of amides is 4. The van der Waals surface area contributed by atoms with E-state index in [1.54, 1.807) is 13.0 Å². The number of halogens is 1. The molecule has 2 aliphatic heterocycles. The van der Waals surface area contributed by atoms with Gasteiger partial charge in [0.1, 0.15) is 40.6 Å². The van der Waals surface area contributed by atoms with Gasteiger partial charge in [0.15, 0.2) is 5.82 Å². The fraction of sp³-hybridized carbons (Fsp3) is 0.514. The van der Waals surface area contributed by atoms with Gasteiger partial charge in [-0.1, -0.05) is 38.0 Å². The van der Waals surface area contributed by atoms with Crippen molar-refractivity contribution in [3.8, 4) is 5.88 Å². The molecule has 1 saturated heterocycles. The number of para-hydroxylation sites is 1. The molecule has 1 unspecified atom stereocenters. The summed E-state index contributed by atoms with van der Waals surface area (Å²) in [6.45, 7) is 3.31. The zero-order valence-corrected chi connectivity index (χ0v) is 30.9. The summed E-state index contributed by atoms with van der Waals surface area (Å²) >= 11 is 0. The molecule has 2 saturated carbocycles. The third kappa shape index (κ3) is 7.37. The molecule has 3 N–H and O–H groups in total. The van der Waals surface area contributed by atoms with E-state index in [9.17, 15) is 32.0 Å². The maximum atomic E-state index is 14.8. The van der Waals surface area contributed by atoms with Crippen molar-refractivity contribution < 1.29 is 36.7 Å². The summed E-state index contributed by atoms with van der Waals surface area (Å²) in [6.07, 6.45) is 11.4. The Labute approximate surface area is 312 Å². The van der Waals surface area contributed by atoms with Crippen LogP contribution < -0.4 is 20.1 Å². The molecule has 4 aliphatic rings. The van der Waals surface area contributed by atoms with Gasteiger partial charge >= 0.3 is 0 Å². The second-order valence-corrected chi connectivity index (χ2v) is 17.0. The molecule has 15 nitrogen and oxygen atoms in total. The Bertz CT molecular complexity index is 2120. The first-order valence-electron chi connectivity index (χ1n) is 18.4. The van der Waals surface area contributed by atoms with Gasteiger partial charge in [0.2, 0.25) is 27.7 Å². The van der Waals surface area contributed by atoms with Crippen LogP contribution in [0.2, 0.25) is 0 Å². The van der Waals surface area contributed by atoms with Crippen LogP contribution in [0.5, 0.6) is 5.88 Å². The molecular formula is C37H43FN8O7S. The third-order valence-electron chi connectivity index (χ3n) is 10.9. The highest BCUT2D eigenvalue weighted by molar-refractivity contribution is 7.91. The van der Waals surface area contributed by atoms with Crippen molar-refractivity contribution in [3.05, 3.63) is 66.1 Å². The van der Waals surface area contributed by atoms with Crippen molar-refractivity contribution in [1.82, 2.24) is 40.2 Å². The van der Waals surface area contributed by atoms with Gasteiger partial charge in [-0.25, -0.2) is 27.8 Å². The zero-order chi connectivity index (χ0) is 38.3. The van der Waals surface area contributed by atoms with E-state index in [2.05, 4.69) is 35.3 Å². The first-order chi connectivity index (χ1) is 25.8. The molecule has 0 bridgehead atoms. The summed E-state index contributed by atoms with van der Waals surface area (Å²) in [4.78, 5) is 74.3. The van der Waals surface area contributed by atoms with Crippen LogP contribution in [0.4, 0.5) is 4.39 Å². The lowest BCUT2D eigenvalue weighted by molar-refractivity contribution is -0.141. The van der Waals surface area contributed by atoms with Crippen molar-refractivity contribution in [2.45, 2.75) is 107 Å². The molecular weight excluding hydrogens is 720 g/mol. The Balaban J connectivity index is 1.21. The van der Waals surface area contributed by atoms with E-state index >= 15 is 0 Å². The van der Waals surface area contributed by atoms with E-state index in [4.69, 9.17) is 4.74 Å². The highest BCUT2D eigenvalue weighted by atomic mass is 32.2. The smallest absolute Gasteiger partial charge is 0.272 e. The third-order valence-corrected chi connectivity index (χ3v) is 13.0. The Hall–Kier alpha value is -5.06. The second-order valence-electron chi connectivity index (χ2n) is 14.8. The normalized spacial score (nSPS) is 27.4. The predicted octanol–water partition coefficient (Wildman–Crippen LogP) is 2.66. The lowest BCUT2D eigenvalue weighted by Crippen LogP contribution is -2.58. The van der Waals surface area contributed by atoms with Crippen LogP contribution >= 0.6 is 0 Å². The van der Waals surface area contributed by atoms with Crippen LogP contribution in [0, 0.1) is 11.7 Å². The summed E-state index contributed by atoms with van der Waals surface area (Å²) in [5.41, 5.74) is -0.731. The fourth-order valence-corrected chi connectivity index (χ4v) is 8.45. The molecule has 17 heteroatoms. The van der Waals surface area contributed by atoms with Gasteiger partial charge in [0.05, 0.1) is 23.0 Å². The largest absolute Gasteiger partial charge is 0.471 e. The number of carbonyl (C=O) groups excluding carboxylic acids is 4. The van der Waals surface area contributed by atoms with Gasteiger partial charge in [-0.3, -0.25) is 28.9 Å². The second kappa shape index (κ2) is 14.6. The van der Waals surface area contributed by atoms with Crippen LogP contribution in [0.15, 0.2) is 48.9 Å². The Morgan fingerprint density at radius 1 is 1.13 bits per heavy atom.